The second kappa shape index (κ2) is 6.66. The van der Waals surface area contributed by atoms with Gasteiger partial charge in [0.2, 0.25) is 0 Å². The number of alkyl halides is 3. The lowest BCUT2D eigenvalue weighted by atomic mass is 9.96. The van der Waals surface area contributed by atoms with Crippen LogP contribution in [0, 0.1) is 24.1 Å². The molecule has 0 saturated carbocycles. The highest BCUT2D eigenvalue weighted by molar-refractivity contribution is 6.32. The number of anilines is 1. The van der Waals surface area contributed by atoms with E-state index >= 15 is 0 Å². The summed E-state index contributed by atoms with van der Waals surface area (Å²) in [6.07, 6.45) is 0.755. The van der Waals surface area contributed by atoms with Crippen molar-refractivity contribution in [2.45, 2.75) is 19.0 Å². The zero-order valence-electron chi connectivity index (χ0n) is 11.6. The van der Waals surface area contributed by atoms with Gasteiger partial charge < -0.3 is 9.64 Å². The van der Waals surface area contributed by atoms with E-state index in [2.05, 4.69) is 5.92 Å². The molecule has 0 amide bonds. The molecule has 1 aromatic carbocycles. The normalized spacial score (nSPS) is 16.5. The minimum Gasteiger partial charge on any atom is -0.479 e. The summed E-state index contributed by atoms with van der Waals surface area (Å²) in [4.78, 5) is 1.57. The lowest BCUT2D eigenvalue weighted by molar-refractivity contribution is -0.179. The van der Waals surface area contributed by atoms with Crippen LogP contribution in [0.25, 0.3) is 0 Å². The molecule has 7 heteroatoms. The summed E-state index contributed by atoms with van der Waals surface area (Å²) in [6, 6.07) is 2.46. The molecule has 0 atom stereocenters. The zero-order chi connectivity index (χ0) is 16.3. The summed E-state index contributed by atoms with van der Waals surface area (Å²) in [5, 5.41) is 0.0710. The molecule has 0 radical (unpaired) electrons. The summed E-state index contributed by atoms with van der Waals surface area (Å²) in [6.45, 7) is 0.218. The molecule has 1 fully saturated rings. The van der Waals surface area contributed by atoms with Gasteiger partial charge in [0.1, 0.15) is 18.2 Å². The predicted molar refractivity (Wildman–Crippen MR) is 76.7 cm³/mol. The van der Waals surface area contributed by atoms with Crippen molar-refractivity contribution in [1.29, 1.82) is 0 Å². The molecule has 0 spiro atoms. The van der Waals surface area contributed by atoms with Crippen molar-refractivity contribution in [3.63, 3.8) is 0 Å². The minimum absolute atomic E-state index is 0.0268. The topological polar surface area (TPSA) is 12.5 Å². The first kappa shape index (κ1) is 16.8. The second-order valence-corrected chi connectivity index (χ2v) is 5.44. The average Bonchev–Trinajstić information content (AvgIpc) is 2.46. The molecule has 0 N–H and O–H groups in total. The molecule has 120 valence electrons. The average molecular weight is 336 g/mol. The summed E-state index contributed by atoms with van der Waals surface area (Å²) < 4.78 is 57.2. The van der Waals surface area contributed by atoms with Crippen LogP contribution in [0.4, 0.5) is 23.2 Å². The van der Waals surface area contributed by atoms with E-state index in [9.17, 15) is 17.6 Å². The van der Waals surface area contributed by atoms with Crippen molar-refractivity contribution in [3.05, 3.63) is 23.0 Å². The number of benzene rings is 1. The van der Waals surface area contributed by atoms with Gasteiger partial charge in [-0.3, -0.25) is 0 Å². The van der Waals surface area contributed by atoms with Gasteiger partial charge in [-0.15, -0.1) is 6.42 Å². The Morgan fingerprint density at radius 1 is 1.32 bits per heavy atom. The van der Waals surface area contributed by atoms with Crippen molar-refractivity contribution in [2.75, 3.05) is 24.6 Å². The van der Waals surface area contributed by atoms with Crippen molar-refractivity contribution < 1.29 is 22.3 Å². The number of hydrogen-bond acceptors (Lipinski definition) is 2. The highest BCUT2D eigenvalue weighted by Crippen LogP contribution is 2.38. The maximum Gasteiger partial charge on any atom is 0.391 e. The molecular weight excluding hydrogens is 322 g/mol. The molecule has 1 heterocycles. The maximum absolute atomic E-state index is 14.0. The third-order valence-electron chi connectivity index (χ3n) is 3.61. The molecule has 2 rings (SSSR count). The van der Waals surface area contributed by atoms with Crippen LogP contribution < -0.4 is 9.64 Å². The number of terminal acetylenes is 1. The molecule has 1 saturated heterocycles. The van der Waals surface area contributed by atoms with Gasteiger partial charge in [0.25, 0.3) is 0 Å². The van der Waals surface area contributed by atoms with E-state index in [1.165, 1.54) is 6.07 Å². The van der Waals surface area contributed by atoms with Crippen molar-refractivity contribution in [1.82, 2.24) is 0 Å². The molecule has 1 aliphatic heterocycles. The Balaban J connectivity index is 2.14. The van der Waals surface area contributed by atoms with E-state index in [0.29, 0.717) is 0 Å². The third-order valence-corrected chi connectivity index (χ3v) is 3.91. The summed E-state index contributed by atoms with van der Waals surface area (Å²) in [5.74, 6) is 0.552. The van der Waals surface area contributed by atoms with Crippen LogP contribution in [0.1, 0.15) is 12.8 Å². The SMILES string of the molecule is C#CCOc1cc(N2CCC(C(F)(F)F)CC2)c(F)cc1Cl. The van der Waals surface area contributed by atoms with Gasteiger partial charge in [-0.25, -0.2) is 4.39 Å². The molecule has 0 unspecified atom stereocenters. The van der Waals surface area contributed by atoms with Crippen LogP contribution in [-0.4, -0.2) is 25.9 Å². The van der Waals surface area contributed by atoms with Gasteiger partial charge >= 0.3 is 6.18 Å². The molecule has 22 heavy (non-hydrogen) atoms. The third kappa shape index (κ3) is 3.77. The fourth-order valence-corrected chi connectivity index (χ4v) is 2.64. The number of nitrogens with zero attached hydrogens (tertiary/aromatic N) is 1. The molecule has 1 aromatic rings. The van der Waals surface area contributed by atoms with Gasteiger partial charge in [-0.05, 0) is 18.9 Å². The number of hydrogen-bond donors (Lipinski definition) is 0. The zero-order valence-corrected chi connectivity index (χ0v) is 12.3. The van der Waals surface area contributed by atoms with Crippen LogP contribution in [0.3, 0.4) is 0 Å². The molecule has 1 aliphatic rings. The Bertz CT molecular complexity index is 574. The quantitative estimate of drug-likeness (QED) is 0.604. The smallest absolute Gasteiger partial charge is 0.391 e. The van der Waals surface area contributed by atoms with E-state index in [-0.39, 0.29) is 49.0 Å². The highest BCUT2D eigenvalue weighted by atomic mass is 35.5. The Morgan fingerprint density at radius 3 is 2.50 bits per heavy atom. The van der Waals surface area contributed by atoms with Crippen LogP contribution >= 0.6 is 11.6 Å². The molecular formula is C15H14ClF4NO. The minimum atomic E-state index is -4.20. The van der Waals surface area contributed by atoms with Gasteiger partial charge in [0.05, 0.1) is 16.6 Å². The largest absolute Gasteiger partial charge is 0.479 e. The van der Waals surface area contributed by atoms with Gasteiger partial charge in [-0.1, -0.05) is 17.5 Å². The first-order valence-corrected chi connectivity index (χ1v) is 7.07. The summed E-state index contributed by atoms with van der Waals surface area (Å²) >= 11 is 5.86. The molecule has 0 aliphatic carbocycles. The van der Waals surface area contributed by atoms with E-state index in [1.807, 2.05) is 0 Å². The Hall–Kier alpha value is -1.61. The van der Waals surface area contributed by atoms with Crippen LogP contribution in [0.15, 0.2) is 12.1 Å². The first-order chi connectivity index (χ1) is 10.3. The van der Waals surface area contributed by atoms with Crippen molar-refractivity contribution in [2.24, 2.45) is 5.92 Å². The number of halogens is 5. The van der Waals surface area contributed by atoms with Crippen LogP contribution in [0.5, 0.6) is 5.75 Å². The fraction of sp³-hybridized carbons (Fsp3) is 0.467. The van der Waals surface area contributed by atoms with Crippen molar-refractivity contribution in [3.8, 4) is 18.1 Å². The monoisotopic (exact) mass is 335 g/mol. The molecule has 0 aromatic heterocycles. The van der Waals surface area contributed by atoms with Gasteiger partial charge in [-0.2, -0.15) is 13.2 Å². The van der Waals surface area contributed by atoms with Gasteiger partial charge in [0.15, 0.2) is 0 Å². The van der Waals surface area contributed by atoms with Crippen molar-refractivity contribution >= 4 is 17.3 Å². The Labute approximate surface area is 131 Å². The van der Waals surface area contributed by atoms with E-state index in [1.54, 1.807) is 4.90 Å². The summed E-state index contributed by atoms with van der Waals surface area (Å²) in [5.41, 5.74) is 0.178. The number of rotatable bonds is 3. The van der Waals surface area contributed by atoms with Crippen LogP contribution in [0.2, 0.25) is 5.02 Å². The Kier molecular flexibility index (Phi) is 5.07. The second-order valence-electron chi connectivity index (χ2n) is 5.03. The standard InChI is InChI=1S/C15H14ClF4NO/c1-2-7-22-14-9-13(12(17)8-11(14)16)21-5-3-10(4-6-21)15(18,19)20/h1,8-10H,3-7H2. The van der Waals surface area contributed by atoms with E-state index in [4.69, 9.17) is 22.8 Å². The fourth-order valence-electron chi connectivity index (χ4n) is 2.44. The Morgan fingerprint density at radius 2 is 1.95 bits per heavy atom. The predicted octanol–water partition coefficient (Wildman–Crippen LogP) is 4.27. The number of piperidine rings is 1. The highest BCUT2D eigenvalue weighted by Gasteiger charge is 2.41. The lowest BCUT2D eigenvalue weighted by Gasteiger charge is -2.34. The van der Waals surface area contributed by atoms with E-state index < -0.39 is 17.9 Å². The lowest BCUT2D eigenvalue weighted by Crippen LogP contribution is -2.39. The molecule has 2 nitrogen and oxygen atoms in total. The van der Waals surface area contributed by atoms with E-state index in [0.717, 1.165) is 6.07 Å². The first-order valence-electron chi connectivity index (χ1n) is 6.70. The molecule has 0 bridgehead atoms. The number of ether oxygens (including phenoxy) is 1. The van der Waals surface area contributed by atoms with Crippen LogP contribution in [-0.2, 0) is 0 Å². The maximum atomic E-state index is 14.0. The summed E-state index contributed by atoms with van der Waals surface area (Å²) in [7, 11) is 0. The van der Waals surface area contributed by atoms with Gasteiger partial charge in [0, 0.05) is 19.2 Å².